The summed E-state index contributed by atoms with van der Waals surface area (Å²) >= 11 is 0. The van der Waals surface area contributed by atoms with E-state index in [0.29, 0.717) is 5.69 Å². The summed E-state index contributed by atoms with van der Waals surface area (Å²) in [5, 5.41) is 18.0. The van der Waals surface area contributed by atoms with Crippen LogP contribution in [0.5, 0.6) is 0 Å². The zero-order valence-corrected chi connectivity index (χ0v) is 9.61. The van der Waals surface area contributed by atoms with E-state index in [1.54, 1.807) is 0 Å². The molecule has 0 aromatic heterocycles. The van der Waals surface area contributed by atoms with E-state index in [2.05, 4.69) is 5.32 Å². The van der Waals surface area contributed by atoms with Crippen LogP contribution in [-0.2, 0) is 10.0 Å². The topological polar surface area (TPSA) is 141 Å². The number of nitrogens with zero attached hydrogens (tertiary/aromatic N) is 1. The molecule has 0 atom stereocenters. The first kappa shape index (κ1) is 13.2. The lowest BCUT2D eigenvalue weighted by Crippen LogP contribution is -2.22. The van der Waals surface area contributed by atoms with Gasteiger partial charge in [-0.05, 0) is 6.07 Å². The van der Waals surface area contributed by atoms with E-state index in [1.165, 1.54) is 18.2 Å². The minimum atomic E-state index is -3.54. The molecular weight excluding hydrogens is 248 g/mol. The van der Waals surface area contributed by atoms with E-state index in [0.717, 1.165) is 0 Å². The molecule has 0 spiro atoms. The first-order valence-electron chi connectivity index (χ1n) is 4.58. The predicted molar refractivity (Wildman–Crippen MR) is 64.0 cm³/mol. The minimum Gasteiger partial charge on any atom is -0.397 e. The molecule has 5 N–H and O–H groups in total. The average molecular weight is 260 g/mol. The Hall–Kier alpha value is -1.87. The van der Waals surface area contributed by atoms with Gasteiger partial charge in [-0.3, -0.25) is 10.1 Å². The minimum absolute atomic E-state index is 0.0842. The Kier molecular flexibility index (Phi) is 3.86. The standard InChI is InChI=1S/C8H12N4O4S/c9-7-5-6(12(13)14)1-2-8(7)11-3-4-17(10,15)16/h1-2,5,11H,3-4,9H2,(H2,10,15,16). The molecule has 0 fully saturated rings. The summed E-state index contributed by atoms with van der Waals surface area (Å²) in [6.07, 6.45) is 0. The Bertz CT molecular complexity index is 528. The highest BCUT2D eigenvalue weighted by molar-refractivity contribution is 7.89. The van der Waals surface area contributed by atoms with Crippen molar-refractivity contribution in [2.75, 3.05) is 23.3 Å². The van der Waals surface area contributed by atoms with E-state index < -0.39 is 14.9 Å². The summed E-state index contributed by atoms with van der Waals surface area (Å²) in [4.78, 5) is 9.88. The van der Waals surface area contributed by atoms with Crippen molar-refractivity contribution in [1.29, 1.82) is 0 Å². The number of non-ortho nitro benzene ring substituents is 1. The summed E-state index contributed by atoms with van der Waals surface area (Å²) in [5.74, 6) is -0.247. The highest BCUT2D eigenvalue weighted by Crippen LogP contribution is 2.23. The van der Waals surface area contributed by atoms with Gasteiger partial charge < -0.3 is 11.1 Å². The van der Waals surface area contributed by atoms with E-state index in [-0.39, 0.29) is 23.7 Å². The summed E-state index contributed by atoms with van der Waals surface area (Å²) in [7, 11) is -3.54. The maximum Gasteiger partial charge on any atom is 0.271 e. The maximum absolute atomic E-state index is 10.7. The first-order chi connectivity index (χ1) is 7.79. The Morgan fingerprint density at radius 3 is 2.53 bits per heavy atom. The van der Waals surface area contributed by atoms with Crippen molar-refractivity contribution in [1.82, 2.24) is 0 Å². The number of hydrogen-bond donors (Lipinski definition) is 3. The van der Waals surface area contributed by atoms with Crippen LogP contribution in [0, 0.1) is 10.1 Å². The second-order valence-corrected chi connectivity index (χ2v) is 5.06. The van der Waals surface area contributed by atoms with Crippen LogP contribution in [0.25, 0.3) is 0 Å². The van der Waals surface area contributed by atoms with E-state index in [1.807, 2.05) is 0 Å². The third-order valence-electron chi connectivity index (χ3n) is 1.95. The van der Waals surface area contributed by atoms with Crippen molar-refractivity contribution < 1.29 is 13.3 Å². The van der Waals surface area contributed by atoms with Crippen LogP contribution in [0.2, 0.25) is 0 Å². The maximum atomic E-state index is 10.7. The van der Waals surface area contributed by atoms with Crippen molar-refractivity contribution in [3.8, 4) is 0 Å². The fourth-order valence-corrected chi connectivity index (χ4v) is 1.54. The molecular formula is C8H12N4O4S. The van der Waals surface area contributed by atoms with Gasteiger partial charge in [-0.15, -0.1) is 0 Å². The molecule has 0 unspecified atom stereocenters. The average Bonchev–Trinajstić information content (AvgIpc) is 2.18. The molecule has 94 valence electrons. The number of hydrogen-bond acceptors (Lipinski definition) is 6. The molecule has 1 rings (SSSR count). The lowest BCUT2D eigenvalue weighted by molar-refractivity contribution is -0.384. The number of primary sulfonamides is 1. The molecule has 1 aromatic rings. The molecule has 0 heterocycles. The van der Waals surface area contributed by atoms with Crippen LogP contribution in [0.4, 0.5) is 17.1 Å². The number of rotatable bonds is 5. The number of benzene rings is 1. The number of nitro benzene ring substituents is 1. The smallest absolute Gasteiger partial charge is 0.271 e. The molecule has 0 aliphatic rings. The van der Waals surface area contributed by atoms with Gasteiger partial charge in [0.1, 0.15) is 0 Å². The fraction of sp³-hybridized carbons (Fsp3) is 0.250. The van der Waals surface area contributed by atoms with Gasteiger partial charge >= 0.3 is 0 Å². The number of nitrogens with two attached hydrogens (primary N) is 2. The lowest BCUT2D eigenvalue weighted by atomic mass is 10.2. The molecule has 0 aliphatic carbocycles. The molecule has 0 saturated heterocycles. The van der Waals surface area contributed by atoms with Crippen LogP contribution >= 0.6 is 0 Å². The van der Waals surface area contributed by atoms with Crippen LogP contribution in [-0.4, -0.2) is 25.6 Å². The number of nitro groups is 1. The zero-order valence-electron chi connectivity index (χ0n) is 8.79. The van der Waals surface area contributed by atoms with Crippen molar-refractivity contribution in [2.45, 2.75) is 0 Å². The van der Waals surface area contributed by atoms with E-state index >= 15 is 0 Å². The number of sulfonamides is 1. The van der Waals surface area contributed by atoms with Crippen molar-refractivity contribution in [2.24, 2.45) is 5.14 Å². The highest BCUT2D eigenvalue weighted by atomic mass is 32.2. The highest BCUT2D eigenvalue weighted by Gasteiger charge is 2.09. The van der Waals surface area contributed by atoms with Gasteiger partial charge in [-0.1, -0.05) is 0 Å². The van der Waals surface area contributed by atoms with Crippen molar-refractivity contribution >= 4 is 27.1 Å². The number of nitrogens with one attached hydrogen (secondary N) is 1. The summed E-state index contributed by atoms with van der Waals surface area (Å²) in [5.41, 5.74) is 6.04. The summed E-state index contributed by atoms with van der Waals surface area (Å²) < 4.78 is 21.3. The monoisotopic (exact) mass is 260 g/mol. The molecule has 0 radical (unpaired) electrons. The second-order valence-electron chi connectivity index (χ2n) is 3.32. The van der Waals surface area contributed by atoms with Crippen molar-refractivity contribution in [3.05, 3.63) is 28.3 Å². The Morgan fingerprint density at radius 1 is 1.41 bits per heavy atom. The summed E-state index contributed by atoms with van der Waals surface area (Å²) in [6.45, 7) is 0.0842. The first-order valence-corrected chi connectivity index (χ1v) is 6.29. The lowest BCUT2D eigenvalue weighted by Gasteiger charge is -2.08. The molecule has 17 heavy (non-hydrogen) atoms. The molecule has 0 amide bonds. The van der Waals surface area contributed by atoms with Crippen LogP contribution < -0.4 is 16.2 Å². The Labute approximate surface area is 97.8 Å². The molecule has 1 aromatic carbocycles. The van der Waals surface area contributed by atoms with Crippen LogP contribution in [0.15, 0.2) is 18.2 Å². The van der Waals surface area contributed by atoms with Crippen LogP contribution in [0.1, 0.15) is 0 Å². The zero-order chi connectivity index (χ0) is 13.1. The Balaban J connectivity index is 2.70. The molecule has 0 saturated carbocycles. The number of nitrogen functional groups attached to an aromatic ring is 1. The second kappa shape index (κ2) is 4.97. The molecule has 0 aliphatic heterocycles. The third kappa shape index (κ3) is 4.25. The fourth-order valence-electron chi connectivity index (χ4n) is 1.15. The van der Waals surface area contributed by atoms with E-state index in [4.69, 9.17) is 10.9 Å². The van der Waals surface area contributed by atoms with Gasteiger partial charge in [0, 0.05) is 18.7 Å². The van der Waals surface area contributed by atoms with Crippen LogP contribution in [0.3, 0.4) is 0 Å². The van der Waals surface area contributed by atoms with Gasteiger partial charge in [0.05, 0.1) is 22.1 Å². The van der Waals surface area contributed by atoms with E-state index in [9.17, 15) is 18.5 Å². The van der Waals surface area contributed by atoms with Gasteiger partial charge in [0.25, 0.3) is 5.69 Å². The van der Waals surface area contributed by atoms with Gasteiger partial charge in [0.15, 0.2) is 0 Å². The SMILES string of the molecule is Nc1cc([N+](=O)[O-])ccc1NCCS(N)(=O)=O. The molecule has 9 heteroatoms. The number of anilines is 2. The summed E-state index contributed by atoms with van der Waals surface area (Å²) in [6, 6.07) is 3.88. The predicted octanol–water partition coefficient (Wildman–Crippen LogP) is -0.123. The normalized spacial score (nSPS) is 11.1. The van der Waals surface area contributed by atoms with Crippen molar-refractivity contribution in [3.63, 3.8) is 0 Å². The van der Waals surface area contributed by atoms with Gasteiger partial charge in [0.2, 0.25) is 10.0 Å². The molecule has 8 nitrogen and oxygen atoms in total. The van der Waals surface area contributed by atoms with Gasteiger partial charge in [-0.25, -0.2) is 13.6 Å². The molecule has 0 bridgehead atoms. The largest absolute Gasteiger partial charge is 0.397 e. The van der Waals surface area contributed by atoms with Gasteiger partial charge in [-0.2, -0.15) is 0 Å². The third-order valence-corrected chi connectivity index (χ3v) is 2.72. The Morgan fingerprint density at radius 2 is 2.06 bits per heavy atom. The quantitative estimate of drug-likeness (QED) is 0.382.